The summed E-state index contributed by atoms with van der Waals surface area (Å²) < 4.78 is 11.0. The molecule has 0 atom stereocenters. The molecule has 0 spiro atoms. The Hall–Kier alpha value is -0.690. The Morgan fingerprint density at radius 2 is 2.19 bits per heavy atom. The topological polar surface area (TPSA) is 35.0 Å². The van der Waals surface area contributed by atoms with Gasteiger partial charge in [0.15, 0.2) is 0 Å². The number of ether oxygens (including phenoxy) is 1. The monoisotopic (exact) mass is 346 g/mol. The number of rotatable bonds is 4. The van der Waals surface area contributed by atoms with Crippen molar-refractivity contribution in [2.24, 2.45) is 0 Å². The summed E-state index contributed by atoms with van der Waals surface area (Å²) in [6.45, 7) is 2.11. The first-order chi connectivity index (χ1) is 7.79. The summed E-state index contributed by atoms with van der Waals surface area (Å²) in [5.74, 6) is 1.70. The molecule has 0 amide bonds. The molecule has 0 saturated heterocycles. The van der Waals surface area contributed by atoms with E-state index in [1.807, 2.05) is 24.3 Å². The second-order valence-corrected chi connectivity index (χ2v) is 5.14. The number of hydrogen-bond donors (Lipinski definition) is 0. The molecule has 1 heterocycles. The molecule has 0 bridgehead atoms. The molecule has 0 fully saturated rings. The Labute approximate surface area is 112 Å². The molecule has 3 nitrogen and oxygen atoms in total. The third-order valence-electron chi connectivity index (χ3n) is 1.96. The van der Waals surface area contributed by atoms with Gasteiger partial charge in [-0.05, 0) is 41.1 Å². The van der Waals surface area contributed by atoms with Crippen LogP contribution in [0, 0.1) is 3.57 Å². The lowest BCUT2D eigenvalue weighted by Gasteiger charge is -2.02. The molecule has 5 heteroatoms. The summed E-state index contributed by atoms with van der Waals surface area (Å²) in [4.78, 5) is 4.32. The van der Waals surface area contributed by atoms with E-state index in [0.717, 1.165) is 28.0 Å². The fourth-order valence-corrected chi connectivity index (χ4v) is 2.31. The Morgan fingerprint density at radius 3 is 2.94 bits per heavy atom. The number of benzene rings is 1. The van der Waals surface area contributed by atoms with Gasteiger partial charge in [-0.15, -0.1) is 0 Å². The fraction of sp³-hybridized carbons (Fsp3) is 0.273. The number of para-hydroxylation sites is 1. The summed E-state index contributed by atoms with van der Waals surface area (Å²) in [6.07, 6.45) is 1.96. The summed E-state index contributed by atoms with van der Waals surface area (Å²) in [5, 5.41) is 0.618. The van der Waals surface area contributed by atoms with E-state index in [9.17, 15) is 0 Å². The van der Waals surface area contributed by atoms with Gasteiger partial charge in [0.1, 0.15) is 11.6 Å². The zero-order chi connectivity index (χ0) is 11.4. The predicted molar refractivity (Wildman–Crippen MR) is 73.1 cm³/mol. The quantitative estimate of drug-likeness (QED) is 0.788. The van der Waals surface area contributed by atoms with Crippen molar-refractivity contribution in [2.75, 3.05) is 0 Å². The largest absolute Gasteiger partial charge is 0.429 e. The Balaban J connectivity index is 2.11. The number of aromatic nitrogens is 2. The summed E-state index contributed by atoms with van der Waals surface area (Å²) in [6, 6.07) is 7.87. The van der Waals surface area contributed by atoms with Crippen LogP contribution in [-0.4, -0.2) is 9.36 Å². The van der Waals surface area contributed by atoms with Crippen LogP contribution in [0.4, 0.5) is 0 Å². The van der Waals surface area contributed by atoms with E-state index in [2.05, 4.69) is 38.9 Å². The highest BCUT2D eigenvalue weighted by Crippen LogP contribution is 2.27. The van der Waals surface area contributed by atoms with Crippen molar-refractivity contribution in [2.45, 2.75) is 19.8 Å². The van der Waals surface area contributed by atoms with Crippen molar-refractivity contribution in [1.82, 2.24) is 9.36 Å². The molecule has 0 unspecified atom stereocenters. The Morgan fingerprint density at radius 1 is 1.38 bits per heavy atom. The molecule has 84 valence electrons. The van der Waals surface area contributed by atoms with Crippen LogP contribution in [0.1, 0.15) is 19.2 Å². The smallest absolute Gasteiger partial charge is 0.298 e. The first-order valence-corrected chi connectivity index (χ1v) is 6.89. The molecule has 0 aliphatic carbocycles. The van der Waals surface area contributed by atoms with Crippen LogP contribution in [0.3, 0.4) is 0 Å². The Kier molecular flexibility index (Phi) is 4.11. The first kappa shape index (κ1) is 11.8. The number of halogens is 1. The average molecular weight is 346 g/mol. The third kappa shape index (κ3) is 2.91. The maximum absolute atomic E-state index is 5.67. The van der Waals surface area contributed by atoms with Gasteiger partial charge in [-0.3, -0.25) is 0 Å². The lowest BCUT2D eigenvalue weighted by atomic mass is 10.3. The fourth-order valence-electron chi connectivity index (χ4n) is 1.23. The molecule has 2 rings (SSSR count). The molecule has 0 radical (unpaired) electrons. The average Bonchev–Trinajstić information content (AvgIpc) is 2.70. The molecular formula is C11H11IN2OS. The van der Waals surface area contributed by atoms with Gasteiger partial charge in [0.05, 0.1) is 3.57 Å². The van der Waals surface area contributed by atoms with E-state index >= 15 is 0 Å². The van der Waals surface area contributed by atoms with E-state index < -0.39 is 0 Å². The summed E-state index contributed by atoms with van der Waals surface area (Å²) in [7, 11) is 0. The lowest BCUT2D eigenvalue weighted by Crippen LogP contribution is -1.88. The van der Waals surface area contributed by atoms with Gasteiger partial charge in [-0.2, -0.15) is 9.36 Å². The molecule has 2 aromatic rings. The number of hydrogen-bond acceptors (Lipinski definition) is 4. The number of aryl methyl sites for hydroxylation is 1. The highest BCUT2D eigenvalue weighted by atomic mass is 127. The van der Waals surface area contributed by atoms with Gasteiger partial charge in [0.2, 0.25) is 0 Å². The van der Waals surface area contributed by atoms with E-state index in [1.54, 1.807) is 0 Å². The SMILES string of the molecule is CCCc1nsc(Oc2ccccc2I)n1. The maximum Gasteiger partial charge on any atom is 0.298 e. The first-order valence-electron chi connectivity index (χ1n) is 5.04. The minimum atomic E-state index is 0.618. The van der Waals surface area contributed by atoms with Crippen molar-refractivity contribution < 1.29 is 4.74 Å². The molecule has 0 saturated carbocycles. The van der Waals surface area contributed by atoms with Gasteiger partial charge in [0, 0.05) is 18.0 Å². The van der Waals surface area contributed by atoms with E-state index in [4.69, 9.17) is 4.74 Å². The van der Waals surface area contributed by atoms with Crippen LogP contribution in [-0.2, 0) is 6.42 Å². The highest BCUT2D eigenvalue weighted by Gasteiger charge is 2.07. The van der Waals surface area contributed by atoms with E-state index in [0.29, 0.717) is 5.19 Å². The molecular weight excluding hydrogens is 335 g/mol. The van der Waals surface area contributed by atoms with Crippen LogP contribution < -0.4 is 4.74 Å². The minimum Gasteiger partial charge on any atom is -0.429 e. The van der Waals surface area contributed by atoms with Crippen molar-refractivity contribution in [1.29, 1.82) is 0 Å². The second-order valence-electron chi connectivity index (χ2n) is 3.26. The molecule has 1 aromatic heterocycles. The normalized spacial score (nSPS) is 10.4. The maximum atomic E-state index is 5.67. The van der Waals surface area contributed by atoms with E-state index in [1.165, 1.54) is 11.5 Å². The van der Waals surface area contributed by atoms with Crippen LogP contribution in [0.2, 0.25) is 0 Å². The zero-order valence-electron chi connectivity index (χ0n) is 8.81. The van der Waals surface area contributed by atoms with E-state index in [-0.39, 0.29) is 0 Å². The van der Waals surface area contributed by atoms with Crippen molar-refractivity contribution >= 4 is 34.1 Å². The lowest BCUT2D eigenvalue weighted by molar-refractivity contribution is 0.473. The Bertz CT molecular complexity index is 473. The summed E-state index contributed by atoms with van der Waals surface area (Å²) in [5.41, 5.74) is 0. The molecule has 1 aromatic carbocycles. The molecule has 16 heavy (non-hydrogen) atoms. The van der Waals surface area contributed by atoms with Crippen LogP contribution >= 0.6 is 34.1 Å². The minimum absolute atomic E-state index is 0.618. The molecule has 0 aliphatic heterocycles. The second kappa shape index (κ2) is 5.58. The predicted octanol–water partition coefficient (Wildman–Crippen LogP) is 3.89. The zero-order valence-corrected chi connectivity index (χ0v) is 11.8. The van der Waals surface area contributed by atoms with Gasteiger partial charge >= 0.3 is 0 Å². The third-order valence-corrected chi connectivity index (χ3v) is 3.48. The standard InChI is InChI=1S/C11H11IN2OS/c1-2-5-10-13-11(16-14-10)15-9-7-4-3-6-8(9)12/h3-4,6-7H,2,5H2,1H3. The van der Waals surface area contributed by atoms with Gasteiger partial charge in [-0.1, -0.05) is 19.1 Å². The summed E-state index contributed by atoms with van der Waals surface area (Å²) >= 11 is 3.55. The van der Waals surface area contributed by atoms with Gasteiger partial charge in [0.25, 0.3) is 5.19 Å². The van der Waals surface area contributed by atoms with Crippen molar-refractivity contribution in [3.8, 4) is 10.9 Å². The van der Waals surface area contributed by atoms with Crippen LogP contribution in [0.25, 0.3) is 0 Å². The van der Waals surface area contributed by atoms with Crippen molar-refractivity contribution in [3.05, 3.63) is 33.7 Å². The molecule has 0 N–H and O–H groups in total. The number of nitrogens with zero attached hydrogens (tertiary/aromatic N) is 2. The van der Waals surface area contributed by atoms with Crippen LogP contribution in [0.15, 0.2) is 24.3 Å². The highest BCUT2D eigenvalue weighted by molar-refractivity contribution is 14.1. The van der Waals surface area contributed by atoms with Crippen molar-refractivity contribution in [3.63, 3.8) is 0 Å². The van der Waals surface area contributed by atoms with Gasteiger partial charge in [-0.25, -0.2) is 0 Å². The molecule has 0 aliphatic rings. The van der Waals surface area contributed by atoms with Crippen LogP contribution in [0.5, 0.6) is 10.9 Å². The van der Waals surface area contributed by atoms with Gasteiger partial charge < -0.3 is 4.74 Å².